The van der Waals surface area contributed by atoms with Crippen molar-refractivity contribution < 1.29 is 95.4 Å². The van der Waals surface area contributed by atoms with E-state index in [9.17, 15) is 57.5 Å². The van der Waals surface area contributed by atoms with E-state index in [1.807, 2.05) is 0 Å². The van der Waals surface area contributed by atoms with Crippen LogP contribution in [-0.2, 0) is 102 Å². The second kappa shape index (κ2) is 28.3. The molecule has 16 saturated carbocycles. The number of amides is 4. The Kier molecular flexibility index (Phi) is 19.0. The minimum Gasteiger partial charge on any atom is -0.467 e. The summed E-state index contributed by atoms with van der Waals surface area (Å²) in [6.07, 6.45) is 13.3. The van der Waals surface area contributed by atoms with E-state index in [1.165, 1.54) is 28.4 Å². The molecular weight excluding hydrogens is 1430 g/mol. The molecule has 7 heterocycles. The number of carbonyl (C=O) groups is 12. The fraction of sp³-hybridized carbons (Fsp3) is 0.591. The minimum absolute atomic E-state index is 0.0372. The third-order valence-electron chi connectivity index (χ3n) is 29.4. The first-order valence-corrected chi connectivity index (χ1v) is 40.5. The second-order valence-electron chi connectivity index (χ2n) is 37.2. The molecule has 7 aliphatic heterocycles. The molecule has 4 aromatic rings. The molecule has 592 valence electrons. The van der Waals surface area contributed by atoms with Crippen molar-refractivity contribution in [1.29, 1.82) is 0 Å². The Morgan fingerprint density at radius 3 is 0.598 bits per heavy atom. The van der Waals surface area contributed by atoms with Crippen LogP contribution in [0.5, 0.6) is 23.0 Å². The van der Waals surface area contributed by atoms with Crippen molar-refractivity contribution in [3.63, 3.8) is 0 Å². The molecule has 27 rings (SSSR count). The number of carbonyl (C=O) groups excluding carboxylic acids is 12. The SMILES string of the molecule is COC(=O)[C@@H]1Cc2ccc(cc2)OC(=O)C23CC4CC(C2)CC(C4)(C3)C(=O)Oc2ccc(cc2)C[C@H](C(=O)OC)NC(=O)C23CC4CC(C2)CC(C4)(C3)C(=O)N[C@@H](C(=O)OC)Cc2ccc(cc2)OC(=O)C23CC4CC(CC(C4)(C2)C(=O)Oc2ccc(cc2)C[C@H](C(=O)OC)NC(=O)C24CC5CC(CC(C5)(C2)C(=O)N1)C4)C3. The lowest BCUT2D eigenvalue weighted by atomic mass is 9.43. The summed E-state index contributed by atoms with van der Waals surface area (Å²) in [5.41, 5.74) is -5.13. The Balaban J connectivity index is 0.624. The van der Waals surface area contributed by atoms with E-state index < -0.39 is 115 Å². The van der Waals surface area contributed by atoms with E-state index in [2.05, 4.69) is 21.3 Å². The molecule has 24 nitrogen and oxygen atoms in total. The highest BCUT2D eigenvalue weighted by Gasteiger charge is 2.69. The first-order valence-electron chi connectivity index (χ1n) is 40.5. The normalized spacial score (nSPS) is 38.7. The molecule has 4 N–H and O–H groups in total. The second-order valence-corrected chi connectivity index (χ2v) is 37.2. The summed E-state index contributed by atoms with van der Waals surface area (Å²) in [4.78, 5) is 173. The van der Waals surface area contributed by atoms with Crippen molar-refractivity contribution in [3.8, 4) is 23.0 Å². The number of esters is 8. The average Bonchev–Trinajstić information content (AvgIpc) is 0.728. The lowest BCUT2D eigenvalue weighted by Gasteiger charge is -2.60. The van der Waals surface area contributed by atoms with E-state index in [-0.39, 0.29) is 145 Å². The Labute approximate surface area is 650 Å². The number of ether oxygens (including phenoxy) is 8. The quantitative estimate of drug-likeness (QED) is 0.0839. The van der Waals surface area contributed by atoms with Gasteiger partial charge in [0.1, 0.15) is 47.2 Å². The van der Waals surface area contributed by atoms with Gasteiger partial charge in [-0.05, 0) is 272 Å². The van der Waals surface area contributed by atoms with Crippen LogP contribution in [0.2, 0.25) is 0 Å². The van der Waals surface area contributed by atoms with Crippen LogP contribution in [0.1, 0.15) is 176 Å². The zero-order valence-electron chi connectivity index (χ0n) is 64.1. The predicted octanol–water partition coefficient (Wildman–Crippen LogP) is 9.57. The van der Waals surface area contributed by atoms with Gasteiger partial charge in [-0.15, -0.1) is 0 Å². The Hall–Kier alpha value is -9.48. The van der Waals surface area contributed by atoms with E-state index in [0.717, 1.165) is 25.7 Å². The zero-order valence-corrected chi connectivity index (χ0v) is 64.1. The summed E-state index contributed by atoms with van der Waals surface area (Å²) in [5.74, 6) is -4.11. The molecule has 24 heteroatoms. The van der Waals surface area contributed by atoms with Crippen molar-refractivity contribution in [1.82, 2.24) is 21.3 Å². The number of methoxy groups -OCH3 is 4. The fourth-order valence-corrected chi connectivity index (χ4v) is 26.2. The van der Waals surface area contributed by atoms with Crippen LogP contribution in [0, 0.1) is 90.7 Å². The Bertz CT molecular complexity index is 3910. The summed E-state index contributed by atoms with van der Waals surface area (Å²) < 4.78 is 46.0. The highest BCUT2D eigenvalue weighted by molar-refractivity contribution is 5.95. The molecule has 16 fully saturated rings. The summed E-state index contributed by atoms with van der Waals surface area (Å²) >= 11 is 0. The standard InChI is InChI=1S/C88H100N4O20/c1-105-69(93)65-25-49-5-13-61(14-6-49)109-77(101)85-37-57-23-58(38-85)40-86(39-57,47-85)78(102)110-63-17-9-51(10-18-63)27-67(71(95)107-3)91-75(99)83-33-55-22-56(34-83)36-84(35-55,46-83)76(100)92-68(72(96)108-4)28-52-11-19-64(20-12-52)112-80(104)88-43-59-24-60(44-88)42-87(41-59,48-88)79(103)111-62-15-7-50(8-16-62)26-66(70(94)106-2)90-74(98)82-31-53-21-54(32-82)30-81(29-53,45-82)73(97)89-65/h5-20,53-60,65-68H,21-48H2,1-4H3,(H,89,97)(H,90,98)(H,91,99)(H,92,100)/t53?,54?,55?,56?,57?,58?,59?,60?,65-,66-,67-,68+,81?,82?,83?,84?,85?,86?,87?,88?/m1/s1. The summed E-state index contributed by atoms with van der Waals surface area (Å²) in [6.45, 7) is 0. The first kappa shape index (κ1) is 75.2. The van der Waals surface area contributed by atoms with Gasteiger partial charge >= 0.3 is 47.8 Å². The van der Waals surface area contributed by atoms with Gasteiger partial charge in [0, 0.05) is 25.7 Å². The first-order chi connectivity index (χ1) is 53.6. The molecule has 23 aliphatic rings. The van der Waals surface area contributed by atoms with Gasteiger partial charge in [0.2, 0.25) is 23.6 Å². The third-order valence-corrected chi connectivity index (χ3v) is 29.4. The van der Waals surface area contributed by atoms with Crippen molar-refractivity contribution in [2.24, 2.45) is 90.7 Å². The monoisotopic (exact) mass is 1530 g/mol. The van der Waals surface area contributed by atoms with Crippen molar-refractivity contribution in [2.75, 3.05) is 28.4 Å². The maximum absolute atomic E-state index is 15.0. The predicted molar refractivity (Wildman–Crippen MR) is 397 cm³/mol. The van der Waals surface area contributed by atoms with Gasteiger partial charge < -0.3 is 59.2 Å². The highest BCUT2D eigenvalue weighted by Crippen LogP contribution is 2.70. The topological polar surface area (TPSA) is 327 Å². The number of nitrogens with one attached hydrogen (secondary N) is 4. The van der Waals surface area contributed by atoms with E-state index >= 15 is 0 Å². The molecule has 8 spiro atoms. The van der Waals surface area contributed by atoms with Gasteiger partial charge in [-0.2, -0.15) is 0 Å². The molecule has 0 radical (unpaired) electrons. The van der Waals surface area contributed by atoms with Crippen LogP contribution < -0.4 is 40.2 Å². The van der Waals surface area contributed by atoms with E-state index in [1.54, 1.807) is 97.1 Å². The van der Waals surface area contributed by atoms with Crippen LogP contribution >= 0.6 is 0 Å². The molecule has 12 atom stereocenters. The van der Waals surface area contributed by atoms with Crippen LogP contribution in [0.15, 0.2) is 97.1 Å². The molecule has 24 bridgehead atoms. The largest absolute Gasteiger partial charge is 0.467 e. The molecule has 0 saturated heterocycles. The van der Waals surface area contributed by atoms with Crippen LogP contribution in [0.3, 0.4) is 0 Å². The molecule has 0 aromatic heterocycles. The smallest absolute Gasteiger partial charge is 0.328 e. The van der Waals surface area contributed by atoms with Gasteiger partial charge in [-0.1, -0.05) is 48.5 Å². The summed E-state index contributed by atoms with van der Waals surface area (Å²) in [7, 11) is 5.03. The van der Waals surface area contributed by atoms with E-state index in [0.29, 0.717) is 125 Å². The average molecular weight is 1530 g/mol. The molecule has 112 heavy (non-hydrogen) atoms. The van der Waals surface area contributed by atoms with Gasteiger partial charge in [-0.25, -0.2) is 19.2 Å². The third kappa shape index (κ3) is 13.6. The van der Waals surface area contributed by atoms with Gasteiger partial charge in [-0.3, -0.25) is 38.4 Å². The Morgan fingerprint density at radius 1 is 0.268 bits per heavy atom. The van der Waals surface area contributed by atoms with Crippen LogP contribution in [-0.4, -0.2) is 124 Å². The highest BCUT2D eigenvalue weighted by atomic mass is 16.6. The molecular formula is C88H100N4O20. The van der Waals surface area contributed by atoms with E-state index in [4.69, 9.17) is 37.9 Å². The van der Waals surface area contributed by atoms with Gasteiger partial charge in [0.25, 0.3) is 0 Å². The molecule has 16 aliphatic carbocycles. The Morgan fingerprint density at radius 2 is 0.429 bits per heavy atom. The lowest BCUT2D eigenvalue weighted by molar-refractivity contribution is -0.184. The maximum atomic E-state index is 15.0. The zero-order chi connectivity index (χ0) is 78.1. The number of hydrogen-bond acceptors (Lipinski definition) is 20. The number of hydrogen-bond donors (Lipinski definition) is 4. The minimum atomic E-state index is -1.11. The van der Waals surface area contributed by atoms with Crippen molar-refractivity contribution in [2.45, 2.75) is 204 Å². The molecule has 8 unspecified atom stereocenters. The fourth-order valence-electron chi connectivity index (χ4n) is 26.2. The van der Waals surface area contributed by atoms with Gasteiger partial charge in [0.05, 0.1) is 71.8 Å². The van der Waals surface area contributed by atoms with Crippen molar-refractivity contribution in [3.05, 3.63) is 119 Å². The van der Waals surface area contributed by atoms with Gasteiger partial charge in [0.15, 0.2) is 0 Å². The number of rotatable bonds is 4. The molecule has 4 aromatic carbocycles. The van der Waals surface area contributed by atoms with Crippen LogP contribution in [0.25, 0.3) is 0 Å². The summed E-state index contributed by atoms with van der Waals surface area (Å²) in [5, 5.41) is 12.2. The lowest BCUT2D eigenvalue weighted by Crippen LogP contribution is -2.63. The maximum Gasteiger partial charge on any atom is 0.328 e. The number of benzene rings is 4. The summed E-state index contributed by atoms with van der Waals surface area (Å²) in [6, 6.07) is 22.7. The van der Waals surface area contributed by atoms with Crippen LogP contribution in [0.4, 0.5) is 0 Å². The molecule has 4 amide bonds. The van der Waals surface area contributed by atoms with Crippen molar-refractivity contribution >= 4 is 71.4 Å².